The molecule has 1 aliphatic heterocycles. The molecule has 11 heteroatoms. The Morgan fingerprint density at radius 1 is 0.878 bits per heavy atom. The maximum Gasteiger partial charge on any atom is 0.316 e. The van der Waals surface area contributed by atoms with E-state index in [-0.39, 0.29) is 37.1 Å². The molecule has 272 valence electrons. The largest absolute Gasteiger partial charge is 0.346 e. The number of rotatable bonds is 16. The zero-order chi connectivity index (χ0) is 37.1. The van der Waals surface area contributed by atoms with Crippen LogP contribution in [0.25, 0.3) is 0 Å². The van der Waals surface area contributed by atoms with Crippen LogP contribution in [0.4, 0.5) is 4.79 Å². The molecule has 1 aromatic carbocycles. The predicted octanol–water partition coefficient (Wildman–Crippen LogP) is 4.81. The number of nitrogens with zero attached hydrogens (tertiary/aromatic N) is 1. The van der Waals surface area contributed by atoms with Crippen LogP contribution >= 0.6 is 0 Å². The van der Waals surface area contributed by atoms with E-state index in [1.807, 2.05) is 54.5 Å². The van der Waals surface area contributed by atoms with E-state index in [4.69, 9.17) is 0 Å². The van der Waals surface area contributed by atoms with Gasteiger partial charge in [0.25, 0.3) is 5.91 Å². The molecule has 1 aromatic rings. The molecule has 0 aromatic heterocycles. The maximum atomic E-state index is 14.5. The van der Waals surface area contributed by atoms with Crippen molar-refractivity contribution in [1.82, 2.24) is 26.2 Å². The Labute approximate surface area is 292 Å². The van der Waals surface area contributed by atoms with Crippen LogP contribution in [0, 0.1) is 22.7 Å². The van der Waals surface area contributed by atoms with Gasteiger partial charge in [0.05, 0.1) is 12.1 Å². The van der Waals surface area contributed by atoms with Crippen LogP contribution < -0.4 is 21.3 Å². The first-order valence-electron chi connectivity index (χ1n) is 17.6. The second kappa shape index (κ2) is 18.1. The number of urea groups is 1. The summed E-state index contributed by atoms with van der Waals surface area (Å²) in [5.41, 5.74) is -0.948. The molecule has 2 rings (SSSR count). The summed E-state index contributed by atoms with van der Waals surface area (Å²) in [7, 11) is 0. The molecule has 1 heterocycles. The SMILES string of the molecule is C=CCNC(=O)C(=O)C(CCC)NC(=O)[C@@H]1[C@@H](C(C)CCC)CCN1C(=O)[C@@H](NC(=O)NC(C(=O)c1ccccc1)C(C)(C)C)C(C)(C)C. The molecule has 11 nitrogen and oxygen atoms in total. The molecule has 0 aliphatic carbocycles. The lowest BCUT2D eigenvalue weighted by molar-refractivity contribution is -0.145. The number of nitrogens with one attached hydrogen (secondary N) is 4. The Morgan fingerprint density at radius 2 is 1.45 bits per heavy atom. The number of carbonyl (C=O) groups is 6. The van der Waals surface area contributed by atoms with Crippen LogP contribution in [-0.2, 0) is 19.2 Å². The average molecular weight is 682 g/mol. The molecule has 0 saturated carbocycles. The van der Waals surface area contributed by atoms with Gasteiger partial charge in [-0.3, -0.25) is 24.0 Å². The van der Waals surface area contributed by atoms with Crippen LogP contribution in [-0.4, -0.2) is 77.5 Å². The van der Waals surface area contributed by atoms with Crippen LogP contribution in [0.15, 0.2) is 43.0 Å². The van der Waals surface area contributed by atoms with Crippen molar-refractivity contribution in [2.24, 2.45) is 22.7 Å². The van der Waals surface area contributed by atoms with Gasteiger partial charge in [0.2, 0.25) is 17.6 Å². The van der Waals surface area contributed by atoms with Gasteiger partial charge in [0.15, 0.2) is 5.78 Å². The fourth-order valence-electron chi connectivity index (χ4n) is 6.45. The Bertz CT molecular complexity index is 1330. The number of likely N-dealkylation sites (tertiary alicyclic amines) is 1. The number of hydrogen-bond acceptors (Lipinski definition) is 6. The summed E-state index contributed by atoms with van der Waals surface area (Å²) < 4.78 is 0. The number of amides is 5. The van der Waals surface area contributed by atoms with Crippen LogP contribution in [0.2, 0.25) is 0 Å². The summed E-state index contributed by atoms with van der Waals surface area (Å²) in [5, 5.41) is 11.0. The van der Waals surface area contributed by atoms with E-state index < -0.39 is 64.5 Å². The second-order valence-electron chi connectivity index (χ2n) is 15.4. The van der Waals surface area contributed by atoms with E-state index >= 15 is 0 Å². The number of ketones is 2. The minimum absolute atomic E-state index is 0.0932. The van der Waals surface area contributed by atoms with Crippen molar-refractivity contribution < 1.29 is 28.8 Å². The zero-order valence-corrected chi connectivity index (χ0v) is 31.0. The highest BCUT2D eigenvalue weighted by molar-refractivity contribution is 6.38. The van der Waals surface area contributed by atoms with E-state index in [0.717, 1.165) is 12.8 Å². The third-order valence-corrected chi connectivity index (χ3v) is 9.16. The minimum Gasteiger partial charge on any atom is -0.346 e. The van der Waals surface area contributed by atoms with Crippen LogP contribution in [0.5, 0.6) is 0 Å². The number of benzene rings is 1. The van der Waals surface area contributed by atoms with Crippen LogP contribution in [0.3, 0.4) is 0 Å². The smallest absolute Gasteiger partial charge is 0.316 e. The van der Waals surface area contributed by atoms with Gasteiger partial charge < -0.3 is 26.2 Å². The quantitative estimate of drug-likeness (QED) is 0.112. The van der Waals surface area contributed by atoms with E-state index in [1.165, 1.54) is 11.0 Å². The Morgan fingerprint density at radius 3 is 1.98 bits per heavy atom. The monoisotopic (exact) mass is 681 g/mol. The summed E-state index contributed by atoms with van der Waals surface area (Å²) in [4.78, 5) is 82.8. The lowest BCUT2D eigenvalue weighted by atomic mass is 9.82. The second-order valence-corrected chi connectivity index (χ2v) is 15.4. The Kier molecular flexibility index (Phi) is 15.2. The van der Waals surface area contributed by atoms with Gasteiger partial charge in [-0.2, -0.15) is 0 Å². The van der Waals surface area contributed by atoms with Crippen molar-refractivity contribution in [3.8, 4) is 0 Å². The summed E-state index contributed by atoms with van der Waals surface area (Å²) in [6.07, 6.45) is 4.56. The first-order chi connectivity index (χ1) is 22.9. The van der Waals surface area contributed by atoms with E-state index in [1.54, 1.807) is 24.3 Å². The van der Waals surface area contributed by atoms with E-state index in [0.29, 0.717) is 18.4 Å². The van der Waals surface area contributed by atoms with Crippen molar-refractivity contribution in [2.75, 3.05) is 13.1 Å². The molecule has 0 spiro atoms. The Hall–Kier alpha value is -4.02. The van der Waals surface area contributed by atoms with Gasteiger partial charge in [0, 0.05) is 18.7 Å². The van der Waals surface area contributed by atoms with Crippen molar-refractivity contribution in [3.05, 3.63) is 48.6 Å². The third kappa shape index (κ3) is 11.3. The zero-order valence-electron chi connectivity index (χ0n) is 31.0. The van der Waals surface area contributed by atoms with Crippen molar-refractivity contribution in [1.29, 1.82) is 0 Å². The third-order valence-electron chi connectivity index (χ3n) is 9.16. The highest BCUT2D eigenvalue weighted by Gasteiger charge is 2.48. The molecule has 49 heavy (non-hydrogen) atoms. The summed E-state index contributed by atoms with van der Waals surface area (Å²) in [6.45, 7) is 21.0. The van der Waals surface area contributed by atoms with Gasteiger partial charge in [-0.05, 0) is 35.5 Å². The molecule has 5 amide bonds. The fourth-order valence-corrected chi connectivity index (χ4v) is 6.45. The molecule has 4 N–H and O–H groups in total. The molecular weight excluding hydrogens is 622 g/mol. The van der Waals surface area contributed by atoms with E-state index in [2.05, 4.69) is 41.7 Å². The maximum absolute atomic E-state index is 14.5. The molecule has 6 atom stereocenters. The molecule has 1 fully saturated rings. The van der Waals surface area contributed by atoms with Crippen molar-refractivity contribution >= 4 is 35.3 Å². The Balaban J connectivity index is 2.41. The lowest BCUT2D eigenvalue weighted by Gasteiger charge is -2.38. The average Bonchev–Trinajstić information content (AvgIpc) is 3.49. The normalized spacial score (nSPS) is 18.8. The number of Topliss-reactive ketones (excluding diaryl/α,β-unsaturated/α-hetero) is 2. The standard InChI is InChI=1S/C38H59N5O6/c1-11-17-24(4)26-21-23-43(28(26)33(46)40-27(18-12-2)30(45)34(47)39-22-13-3)35(48)32(38(8,9)10)42-36(49)41-31(37(5,6)7)29(44)25-19-15-14-16-20-25/h13-16,19-20,24,26-28,31-32H,3,11-12,17-18,21-23H2,1-2,4-10H3,(H,39,47)(H,40,46)(H2,41,42,49)/t24?,26-,27?,28+,31?,32-/m1/s1. The molecule has 0 radical (unpaired) electrons. The van der Waals surface area contributed by atoms with Crippen molar-refractivity contribution in [2.45, 2.75) is 119 Å². The first-order valence-corrected chi connectivity index (χ1v) is 17.6. The topological polar surface area (TPSA) is 154 Å². The highest BCUT2D eigenvalue weighted by Crippen LogP contribution is 2.35. The lowest BCUT2D eigenvalue weighted by Crippen LogP contribution is -2.62. The molecule has 0 bridgehead atoms. The van der Waals surface area contributed by atoms with Gasteiger partial charge in [0.1, 0.15) is 12.1 Å². The van der Waals surface area contributed by atoms with Gasteiger partial charge in [-0.25, -0.2) is 4.79 Å². The number of carbonyl (C=O) groups excluding carboxylic acids is 6. The van der Waals surface area contributed by atoms with Gasteiger partial charge >= 0.3 is 6.03 Å². The fraction of sp³-hybridized carbons (Fsp3) is 0.632. The summed E-state index contributed by atoms with van der Waals surface area (Å²) >= 11 is 0. The molecule has 3 unspecified atom stereocenters. The molecular formula is C38H59N5O6. The predicted molar refractivity (Wildman–Crippen MR) is 192 cm³/mol. The van der Waals surface area contributed by atoms with Crippen LogP contribution in [0.1, 0.15) is 105 Å². The molecule has 1 saturated heterocycles. The summed E-state index contributed by atoms with van der Waals surface area (Å²) in [5.74, 6) is -2.85. The van der Waals surface area contributed by atoms with E-state index in [9.17, 15) is 28.8 Å². The van der Waals surface area contributed by atoms with Crippen molar-refractivity contribution in [3.63, 3.8) is 0 Å². The first kappa shape index (κ1) is 41.2. The number of hydrogen-bond donors (Lipinski definition) is 4. The summed E-state index contributed by atoms with van der Waals surface area (Å²) in [6, 6.07) is 4.16. The van der Waals surface area contributed by atoms with Gasteiger partial charge in [-0.15, -0.1) is 6.58 Å². The molecule has 1 aliphatic rings. The van der Waals surface area contributed by atoms with Gasteiger partial charge in [-0.1, -0.05) is 118 Å². The minimum atomic E-state index is -1.05. The highest BCUT2D eigenvalue weighted by atomic mass is 16.2.